The molecule has 32 heavy (non-hydrogen) atoms. The van der Waals surface area contributed by atoms with Gasteiger partial charge in [-0.15, -0.1) is 11.3 Å². The molecule has 0 atom stereocenters. The van der Waals surface area contributed by atoms with Crippen LogP contribution in [0.3, 0.4) is 0 Å². The first-order chi connectivity index (χ1) is 15.2. The fraction of sp³-hybridized carbons (Fsp3) is 0.190. The number of esters is 1. The lowest BCUT2D eigenvalue weighted by Gasteiger charge is -2.13. The number of amides is 1. The third-order valence-electron chi connectivity index (χ3n) is 4.63. The van der Waals surface area contributed by atoms with Gasteiger partial charge in [0.15, 0.2) is 6.61 Å². The Kier molecular flexibility index (Phi) is 7.09. The number of aromatic nitrogens is 1. The molecule has 1 aromatic carbocycles. The Balaban J connectivity index is 1.66. The lowest BCUT2D eigenvalue weighted by molar-refractivity contribution is -0.146. The van der Waals surface area contributed by atoms with Crippen molar-refractivity contribution in [3.05, 3.63) is 64.7 Å². The molecule has 0 radical (unpaired) electrons. The second kappa shape index (κ2) is 9.78. The summed E-state index contributed by atoms with van der Waals surface area (Å²) < 4.78 is 32.9. The van der Waals surface area contributed by atoms with E-state index in [2.05, 4.69) is 16.1 Å². The number of nitrogens with one attached hydrogen (secondary N) is 2. The van der Waals surface area contributed by atoms with E-state index in [0.29, 0.717) is 11.1 Å². The van der Waals surface area contributed by atoms with Crippen LogP contribution >= 0.6 is 11.3 Å². The molecule has 0 fully saturated rings. The van der Waals surface area contributed by atoms with Crippen LogP contribution in [0.25, 0.3) is 5.69 Å². The summed E-state index contributed by atoms with van der Waals surface area (Å²) in [6, 6.07) is 14.3. The molecule has 0 aliphatic heterocycles. The van der Waals surface area contributed by atoms with E-state index >= 15 is 0 Å². The number of nitriles is 1. The lowest BCUT2D eigenvalue weighted by Crippen LogP contribution is -2.32. The van der Waals surface area contributed by atoms with Gasteiger partial charge in [0.25, 0.3) is 15.9 Å². The number of benzene rings is 1. The van der Waals surface area contributed by atoms with E-state index in [0.717, 1.165) is 22.7 Å². The summed E-state index contributed by atoms with van der Waals surface area (Å²) in [4.78, 5) is 24.3. The smallest absolute Gasteiger partial charge is 0.321 e. The molecule has 11 heteroatoms. The highest BCUT2D eigenvalue weighted by Gasteiger charge is 2.22. The number of carbonyl (C=O) groups is 2. The number of para-hydroxylation sites is 1. The predicted molar refractivity (Wildman–Crippen MR) is 119 cm³/mol. The molecule has 0 spiro atoms. The van der Waals surface area contributed by atoms with Gasteiger partial charge in [0.2, 0.25) is 0 Å². The number of anilines is 1. The number of ether oxygens (including phenoxy) is 1. The molecule has 3 aromatic rings. The Morgan fingerprint density at radius 2 is 1.88 bits per heavy atom. The summed E-state index contributed by atoms with van der Waals surface area (Å²) in [5.74, 6) is -1.30. The molecule has 0 aliphatic carbocycles. The molecule has 2 aromatic heterocycles. The highest BCUT2D eigenvalue weighted by atomic mass is 32.2. The molecule has 3 rings (SSSR count). The van der Waals surface area contributed by atoms with Crippen LogP contribution in [0.15, 0.2) is 52.1 Å². The zero-order valence-corrected chi connectivity index (χ0v) is 18.9. The Morgan fingerprint density at radius 3 is 2.50 bits per heavy atom. The quantitative estimate of drug-likeness (QED) is 0.485. The van der Waals surface area contributed by atoms with Gasteiger partial charge in [0.05, 0.1) is 5.56 Å². The van der Waals surface area contributed by atoms with E-state index in [1.54, 1.807) is 22.9 Å². The molecular weight excluding hydrogens is 452 g/mol. The Bertz CT molecular complexity index is 1270. The van der Waals surface area contributed by atoms with Crippen LogP contribution in [0.4, 0.5) is 5.82 Å². The number of thiophene rings is 1. The van der Waals surface area contributed by atoms with Crippen molar-refractivity contribution in [1.82, 2.24) is 9.29 Å². The van der Waals surface area contributed by atoms with E-state index in [1.165, 1.54) is 6.07 Å². The van der Waals surface area contributed by atoms with Gasteiger partial charge >= 0.3 is 5.97 Å². The number of hydrogen-bond acceptors (Lipinski definition) is 7. The maximum Gasteiger partial charge on any atom is 0.321 e. The van der Waals surface area contributed by atoms with E-state index in [4.69, 9.17) is 4.74 Å². The Morgan fingerprint density at radius 1 is 1.16 bits per heavy atom. The molecule has 9 nitrogen and oxygen atoms in total. The lowest BCUT2D eigenvalue weighted by atomic mass is 10.2. The van der Waals surface area contributed by atoms with Crippen molar-refractivity contribution in [3.63, 3.8) is 0 Å². The average Bonchev–Trinajstić information content (AvgIpc) is 3.40. The van der Waals surface area contributed by atoms with Crippen molar-refractivity contribution in [2.75, 3.05) is 18.5 Å². The first-order valence-corrected chi connectivity index (χ1v) is 11.8. The second-order valence-electron chi connectivity index (χ2n) is 6.68. The summed E-state index contributed by atoms with van der Waals surface area (Å²) >= 11 is 1.01. The van der Waals surface area contributed by atoms with Gasteiger partial charge < -0.3 is 10.1 Å². The first-order valence-electron chi connectivity index (χ1n) is 9.40. The van der Waals surface area contributed by atoms with Gasteiger partial charge in [0, 0.05) is 11.4 Å². The summed E-state index contributed by atoms with van der Waals surface area (Å²) in [5, 5.41) is 13.8. The molecule has 0 bridgehead atoms. The van der Waals surface area contributed by atoms with E-state index < -0.39 is 35.1 Å². The van der Waals surface area contributed by atoms with Crippen molar-refractivity contribution >= 4 is 39.1 Å². The van der Waals surface area contributed by atoms with Crippen LogP contribution < -0.4 is 10.0 Å². The second-order valence-corrected chi connectivity index (χ2v) is 9.62. The maximum atomic E-state index is 12.4. The third-order valence-corrected chi connectivity index (χ3v) is 7.43. The molecule has 0 aliphatic rings. The van der Waals surface area contributed by atoms with Crippen molar-refractivity contribution in [2.45, 2.75) is 18.1 Å². The molecule has 2 N–H and O–H groups in total. The number of nitrogens with zero attached hydrogens (tertiary/aromatic N) is 2. The van der Waals surface area contributed by atoms with Crippen LogP contribution in [0.5, 0.6) is 0 Å². The van der Waals surface area contributed by atoms with E-state index in [-0.39, 0.29) is 10.0 Å². The van der Waals surface area contributed by atoms with Crippen LogP contribution in [-0.2, 0) is 24.3 Å². The standard InChI is InChI=1S/C21H20N4O5S2/c1-14-15(2)25(16-7-4-3-5-8-16)21(17(14)11-22)24-18(26)13-30-19(27)12-23-32(28,29)20-9-6-10-31-20/h3-10,23H,12-13H2,1-2H3,(H,24,26). The van der Waals surface area contributed by atoms with Crippen LogP contribution in [-0.4, -0.2) is 38.0 Å². The van der Waals surface area contributed by atoms with Crippen molar-refractivity contribution in [2.24, 2.45) is 0 Å². The predicted octanol–water partition coefficient (Wildman–Crippen LogP) is 2.49. The van der Waals surface area contributed by atoms with Crippen LogP contribution in [0.2, 0.25) is 0 Å². The molecule has 2 heterocycles. The van der Waals surface area contributed by atoms with Gasteiger partial charge in [-0.1, -0.05) is 24.3 Å². The fourth-order valence-electron chi connectivity index (χ4n) is 2.97. The SMILES string of the molecule is Cc1c(C#N)c(NC(=O)COC(=O)CNS(=O)(=O)c2cccs2)n(-c2ccccc2)c1C. The zero-order chi connectivity index (χ0) is 23.3. The van der Waals surface area contributed by atoms with Crippen molar-refractivity contribution in [3.8, 4) is 11.8 Å². The van der Waals surface area contributed by atoms with Gasteiger partial charge in [-0.2, -0.15) is 9.98 Å². The summed E-state index contributed by atoms with van der Waals surface area (Å²) in [6.07, 6.45) is 0. The average molecular weight is 473 g/mol. The molecule has 0 unspecified atom stereocenters. The Hall–Kier alpha value is -3.46. The van der Waals surface area contributed by atoms with E-state index in [1.807, 2.05) is 37.3 Å². The zero-order valence-electron chi connectivity index (χ0n) is 17.3. The summed E-state index contributed by atoms with van der Waals surface area (Å²) in [7, 11) is -3.82. The van der Waals surface area contributed by atoms with Gasteiger partial charge in [-0.05, 0) is 43.0 Å². The maximum absolute atomic E-state index is 12.4. The molecule has 166 valence electrons. The number of carbonyl (C=O) groups excluding carboxylic acids is 2. The topological polar surface area (TPSA) is 130 Å². The fourth-order valence-corrected chi connectivity index (χ4v) is 4.97. The summed E-state index contributed by atoms with van der Waals surface area (Å²) in [6.45, 7) is 2.36. The monoisotopic (exact) mass is 472 g/mol. The van der Waals surface area contributed by atoms with Crippen molar-refractivity contribution < 1.29 is 22.7 Å². The highest BCUT2D eigenvalue weighted by Crippen LogP contribution is 2.29. The molecular formula is C21H20N4O5S2. The van der Waals surface area contributed by atoms with Gasteiger partial charge in [0.1, 0.15) is 22.6 Å². The molecule has 1 amide bonds. The van der Waals surface area contributed by atoms with Gasteiger partial charge in [-0.25, -0.2) is 8.42 Å². The minimum atomic E-state index is -3.82. The largest absolute Gasteiger partial charge is 0.455 e. The number of sulfonamides is 1. The van der Waals surface area contributed by atoms with Crippen LogP contribution in [0, 0.1) is 25.2 Å². The summed E-state index contributed by atoms with van der Waals surface area (Å²) in [5.41, 5.74) is 2.55. The molecule has 0 saturated carbocycles. The number of rotatable bonds is 8. The minimum Gasteiger partial charge on any atom is -0.455 e. The van der Waals surface area contributed by atoms with Crippen molar-refractivity contribution in [1.29, 1.82) is 5.26 Å². The van der Waals surface area contributed by atoms with E-state index in [9.17, 15) is 23.3 Å². The first kappa shape index (κ1) is 23.2. The number of hydrogen-bond donors (Lipinski definition) is 2. The highest BCUT2D eigenvalue weighted by molar-refractivity contribution is 7.91. The van der Waals surface area contributed by atoms with Crippen LogP contribution in [0.1, 0.15) is 16.8 Å². The molecule has 0 saturated heterocycles. The minimum absolute atomic E-state index is 0.0690. The third kappa shape index (κ3) is 5.05. The normalized spacial score (nSPS) is 11.0. The van der Waals surface area contributed by atoms with Gasteiger partial charge in [-0.3, -0.25) is 14.2 Å². The Labute approximate surface area is 189 Å².